The van der Waals surface area contributed by atoms with Crippen LogP contribution in [0.25, 0.3) is 10.9 Å². The minimum atomic E-state index is -0.426. The molecule has 1 heterocycles. The van der Waals surface area contributed by atoms with E-state index in [1.54, 1.807) is 6.20 Å². The molecule has 0 aliphatic rings. The number of ether oxygens (including phenoxy) is 1. The Kier molecular flexibility index (Phi) is 5.24. The molecule has 2 rings (SSSR count). The van der Waals surface area contributed by atoms with Crippen molar-refractivity contribution in [2.24, 2.45) is 0 Å². The number of pyridine rings is 1. The van der Waals surface area contributed by atoms with Gasteiger partial charge >= 0.3 is 5.97 Å². The zero-order chi connectivity index (χ0) is 16.2. The summed E-state index contributed by atoms with van der Waals surface area (Å²) >= 11 is 5.97. The maximum absolute atomic E-state index is 11.6. The van der Waals surface area contributed by atoms with Crippen molar-refractivity contribution in [3.8, 4) is 0 Å². The van der Waals surface area contributed by atoms with Crippen LogP contribution in [-0.2, 0) is 9.53 Å². The van der Waals surface area contributed by atoms with E-state index in [-0.39, 0.29) is 5.97 Å². The molecule has 0 aliphatic heterocycles. The van der Waals surface area contributed by atoms with E-state index in [2.05, 4.69) is 10.3 Å². The first-order valence-corrected chi connectivity index (χ1v) is 7.73. The molecule has 22 heavy (non-hydrogen) atoms. The lowest BCUT2D eigenvalue weighted by atomic mass is 10.2. The van der Waals surface area contributed by atoms with Crippen LogP contribution in [0.15, 0.2) is 30.5 Å². The highest BCUT2D eigenvalue weighted by molar-refractivity contribution is 6.31. The molecular weight excluding hydrogens is 300 g/mol. The summed E-state index contributed by atoms with van der Waals surface area (Å²) in [5.41, 5.74) is 1.42. The molecule has 0 amide bonds. The van der Waals surface area contributed by atoms with Crippen molar-refractivity contribution in [3.63, 3.8) is 0 Å². The summed E-state index contributed by atoms with van der Waals surface area (Å²) in [5, 5.41) is 5.02. The monoisotopic (exact) mass is 320 g/mol. The average molecular weight is 321 g/mol. The minimum Gasteiger partial charge on any atom is -0.460 e. The first-order chi connectivity index (χ1) is 10.3. The van der Waals surface area contributed by atoms with E-state index in [0.717, 1.165) is 16.6 Å². The summed E-state index contributed by atoms with van der Waals surface area (Å²) in [6.07, 6.45) is 2.86. The molecule has 0 radical (unpaired) electrons. The fraction of sp³-hybridized carbons (Fsp3) is 0.412. The third kappa shape index (κ3) is 4.88. The number of fused-ring (bicyclic) bond motifs is 1. The molecule has 118 valence electrons. The van der Waals surface area contributed by atoms with Crippen LogP contribution in [0.2, 0.25) is 5.02 Å². The molecule has 1 N–H and O–H groups in total. The summed E-state index contributed by atoms with van der Waals surface area (Å²) < 4.78 is 5.28. The fourth-order valence-corrected chi connectivity index (χ4v) is 2.29. The van der Waals surface area contributed by atoms with Crippen LogP contribution in [-0.4, -0.2) is 23.1 Å². The lowest BCUT2D eigenvalue weighted by molar-refractivity contribution is -0.154. The van der Waals surface area contributed by atoms with Gasteiger partial charge in [-0.3, -0.25) is 9.78 Å². The Morgan fingerprint density at radius 1 is 1.32 bits per heavy atom. The number of nitrogens with one attached hydrogen (secondary N) is 1. The van der Waals surface area contributed by atoms with Crippen molar-refractivity contribution in [1.82, 2.24) is 4.98 Å². The molecule has 0 unspecified atom stereocenters. The predicted molar refractivity (Wildman–Crippen MR) is 90.3 cm³/mol. The Hall–Kier alpha value is -1.81. The lowest BCUT2D eigenvalue weighted by Gasteiger charge is -2.19. The fourth-order valence-electron chi connectivity index (χ4n) is 2.12. The van der Waals surface area contributed by atoms with Crippen LogP contribution < -0.4 is 5.32 Å². The van der Waals surface area contributed by atoms with E-state index >= 15 is 0 Å². The maximum atomic E-state index is 11.6. The Bertz CT molecular complexity index is 665. The summed E-state index contributed by atoms with van der Waals surface area (Å²) in [5.74, 6) is -0.166. The van der Waals surface area contributed by atoms with Crippen molar-refractivity contribution in [3.05, 3.63) is 35.5 Å². The SMILES string of the molecule is CC(C)(C)OC(=O)CCCNc1ccnc2cc(Cl)ccc12. The highest BCUT2D eigenvalue weighted by atomic mass is 35.5. The molecule has 0 saturated carbocycles. The molecule has 0 aliphatic carbocycles. The standard InChI is InChI=1S/C17H21ClN2O2/c1-17(2,3)22-16(21)5-4-9-19-14-8-10-20-15-11-12(18)6-7-13(14)15/h6-8,10-11H,4-5,9H2,1-3H3,(H,19,20). The molecule has 1 aromatic heterocycles. The molecule has 0 atom stereocenters. The van der Waals surface area contributed by atoms with Crippen molar-refractivity contribution >= 4 is 34.2 Å². The van der Waals surface area contributed by atoms with Crippen LogP contribution in [0, 0.1) is 0 Å². The first kappa shape index (κ1) is 16.6. The van der Waals surface area contributed by atoms with E-state index in [4.69, 9.17) is 16.3 Å². The summed E-state index contributed by atoms with van der Waals surface area (Å²) in [4.78, 5) is 15.9. The van der Waals surface area contributed by atoms with Gasteiger partial charge in [0.25, 0.3) is 0 Å². The van der Waals surface area contributed by atoms with E-state index < -0.39 is 5.60 Å². The normalized spacial score (nSPS) is 11.5. The molecule has 0 fully saturated rings. The number of aromatic nitrogens is 1. The number of anilines is 1. The number of rotatable bonds is 5. The topological polar surface area (TPSA) is 51.2 Å². The van der Waals surface area contributed by atoms with Gasteiger partial charge in [-0.15, -0.1) is 0 Å². The van der Waals surface area contributed by atoms with Gasteiger partial charge < -0.3 is 10.1 Å². The summed E-state index contributed by atoms with van der Waals surface area (Å²) in [6.45, 7) is 6.31. The second kappa shape index (κ2) is 6.97. The zero-order valence-electron chi connectivity index (χ0n) is 13.1. The van der Waals surface area contributed by atoms with E-state index in [0.29, 0.717) is 24.4 Å². The van der Waals surface area contributed by atoms with Gasteiger partial charge in [-0.1, -0.05) is 11.6 Å². The number of benzene rings is 1. The molecule has 0 spiro atoms. The van der Waals surface area contributed by atoms with Gasteiger partial charge in [0, 0.05) is 35.3 Å². The quantitative estimate of drug-likeness (QED) is 0.654. The first-order valence-electron chi connectivity index (χ1n) is 7.35. The number of esters is 1. The zero-order valence-corrected chi connectivity index (χ0v) is 13.9. The minimum absolute atomic E-state index is 0.166. The van der Waals surface area contributed by atoms with Crippen LogP contribution in [0.5, 0.6) is 0 Å². The van der Waals surface area contributed by atoms with Crippen LogP contribution in [0.4, 0.5) is 5.69 Å². The Labute approximate surface area is 135 Å². The van der Waals surface area contributed by atoms with Gasteiger partial charge in [-0.05, 0) is 51.5 Å². The van der Waals surface area contributed by atoms with Crippen LogP contribution >= 0.6 is 11.6 Å². The Morgan fingerprint density at radius 3 is 2.82 bits per heavy atom. The third-order valence-corrected chi connectivity index (χ3v) is 3.23. The number of halogens is 1. The highest BCUT2D eigenvalue weighted by Gasteiger charge is 2.15. The van der Waals surface area contributed by atoms with E-state index in [1.807, 2.05) is 45.0 Å². The number of hydrogen-bond donors (Lipinski definition) is 1. The number of hydrogen-bond acceptors (Lipinski definition) is 4. The Morgan fingerprint density at radius 2 is 2.09 bits per heavy atom. The van der Waals surface area contributed by atoms with Crippen molar-refractivity contribution in [2.45, 2.75) is 39.2 Å². The number of carbonyl (C=O) groups excluding carboxylic acids is 1. The Balaban J connectivity index is 1.89. The van der Waals surface area contributed by atoms with Crippen molar-refractivity contribution in [1.29, 1.82) is 0 Å². The van der Waals surface area contributed by atoms with Crippen LogP contribution in [0.1, 0.15) is 33.6 Å². The molecular formula is C17H21ClN2O2. The van der Waals surface area contributed by atoms with E-state index in [9.17, 15) is 4.79 Å². The van der Waals surface area contributed by atoms with Gasteiger partial charge in [0.15, 0.2) is 0 Å². The highest BCUT2D eigenvalue weighted by Crippen LogP contribution is 2.24. The predicted octanol–water partition coefficient (Wildman–Crippen LogP) is 4.42. The summed E-state index contributed by atoms with van der Waals surface area (Å²) in [7, 11) is 0. The van der Waals surface area contributed by atoms with Gasteiger partial charge in [0.1, 0.15) is 5.60 Å². The lowest BCUT2D eigenvalue weighted by Crippen LogP contribution is -2.24. The van der Waals surface area contributed by atoms with Gasteiger partial charge in [0.05, 0.1) is 5.52 Å². The van der Waals surface area contributed by atoms with Crippen LogP contribution in [0.3, 0.4) is 0 Å². The molecule has 4 nitrogen and oxygen atoms in total. The van der Waals surface area contributed by atoms with Crippen molar-refractivity contribution < 1.29 is 9.53 Å². The smallest absolute Gasteiger partial charge is 0.306 e. The molecule has 0 saturated heterocycles. The largest absolute Gasteiger partial charge is 0.460 e. The molecule has 5 heteroatoms. The molecule has 2 aromatic rings. The van der Waals surface area contributed by atoms with Gasteiger partial charge in [-0.2, -0.15) is 0 Å². The van der Waals surface area contributed by atoms with Gasteiger partial charge in [-0.25, -0.2) is 0 Å². The average Bonchev–Trinajstić information content (AvgIpc) is 2.41. The van der Waals surface area contributed by atoms with E-state index in [1.165, 1.54) is 0 Å². The third-order valence-electron chi connectivity index (χ3n) is 3.00. The van der Waals surface area contributed by atoms with Crippen molar-refractivity contribution in [2.75, 3.05) is 11.9 Å². The molecule has 1 aromatic carbocycles. The maximum Gasteiger partial charge on any atom is 0.306 e. The number of nitrogens with zero attached hydrogens (tertiary/aromatic N) is 1. The number of carbonyl (C=O) groups is 1. The summed E-state index contributed by atoms with van der Waals surface area (Å²) in [6, 6.07) is 7.55. The second-order valence-corrected chi connectivity index (χ2v) is 6.57. The molecule has 0 bridgehead atoms. The second-order valence-electron chi connectivity index (χ2n) is 6.14. The van der Waals surface area contributed by atoms with Gasteiger partial charge in [0.2, 0.25) is 0 Å².